The van der Waals surface area contributed by atoms with Crippen LogP contribution in [0.5, 0.6) is 0 Å². The molecule has 8 nitrogen and oxygen atoms in total. The second-order valence-electron chi connectivity index (χ2n) is 15.0. The normalized spacial score (nSPS) is 14.2. The topological polar surface area (TPSA) is 94.2 Å². The number of likely N-dealkylation sites (tertiary alicyclic amines) is 1. The molecule has 0 bridgehead atoms. The molecule has 0 spiro atoms. The lowest BCUT2D eigenvalue weighted by Crippen LogP contribution is -2.59. The molecule has 1 atom stereocenters. The van der Waals surface area contributed by atoms with Crippen molar-refractivity contribution in [2.75, 3.05) is 39.5 Å². The Kier molecular flexibility index (Phi) is 34.0. The van der Waals surface area contributed by atoms with E-state index >= 15 is 0 Å². The van der Waals surface area contributed by atoms with Crippen LogP contribution in [0.3, 0.4) is 0 Å². The third kappa shape index (κ3) is 31.6. The SMILES string of the molecule is CCCCC/C=C\C/C=C\CCCCCCCC(=O)OCC(COC(=O)NC1CN(CCF)C1)OC(=O)CCCCCCC/C=C\CCCCCCCC. The van der Waals surface area contributed by atoms with Crippen molar-refractivity contribution in [1.29, 1.82) is 0 Å². The summed E-state index contributed by atoms with van der Waals surface area (Å²) in [7, 11) is 0. The molecule has 1 aliphatic rings. The molecule has 1 aliphatic heterocycles. The van der Waals surface area contributed by atoms with Gasteiger partial charge in [-0.1, -0.05) is 134 Å². The average Bonchev–Trinajstić information content (AvgIpc) is 3.15. The maximum atomic E-state index is 12.7. The van der Waals surface area contributed by atoms with Crippen LogP contribution in [0.25, 0.3) is 0 Å². The van der Waals surface area contributed by atoms with Crippen molar-refractivity contribution < 1.29 is 33.0 Å². The van der Waals surface area contributed by atoms with Gasteiger partial charge in [0.2, 0.25) is 0 Å². The summed E-state index contributed by atoms with van der Waals surface area (Å²) >= 11 is 0. The van der Waals surface area contributed by atoms with E-state index in [2.05, 4.69) is 55.6 Å². The molecular weight excluding hydrogens is 684 g/mol. The minimum Gasteiger partial charge on any atom is -0.462 e. The minimum absolute atomic E-state index is 0.104. The van der Waals surface area contributed by atoms with E-state index in [1.165, 1.54) is 70.6 Å². The fourth-order valence-corrected chi connectivity index (χ4v) is 6.38. The zero-order valence-electron chi connectivity index (χ0n) is 34.5. The molecular formula is C45H79FN2O6. The van der Waals surface area contributed by atoms with Gasteiger partial charge in [-0.3, -0.25) is 14.5 Å². The van der Waals surface area contributed by atoms with Gasteiger partial charge in [-0.25, -0.2) is 9.18 Å². The Morgan fingerprint density at radius 1 is 0.611 bits per heavy atom. The summed E-state index contributed by atoms with van der Waals surface area (Å²) in [4.78, 5) is 39.4. The summed E-state index contributed by atoms with van der Waals surface area (Å²) in [5.74, 6) is -0.724. The first-order valence-electron chi connectivity index (χ1n) is 22.0. The molecule has 1 unspecified atom stereocenters. The summed E-state index contributed by atoms with van der Waals surface area (Å²) in [5.41, 5.74) is 0. The largest absolute Gasteiger partial charge is 0.462 e. The molecule has 0 radical (unpaired) electrons. The number of unbranched alkanes of at least 4 members (excludes halogenated alkanes) is 19. The molecule has 1 amide bonds. The maximum absolute atomic E-state index is 12.7. The highest BCUT2D eigenvalue weighted by molar-refractivity contribution is 5.70. The Bertz CT molecular complexity index is 997. The Balaban J connectivity index is 2.26. The molecule has 0 aliphatic carbocycles. The van der Waals surface area contributed by atoms with Crippen LogP contribution < -0.4 is 5.32 Å². The molecule has 0 saturated carbocycles. The van der Waals surface area contributed by atoms with Gasteiger partial charge < -0.3 is 19.5 Å². The number of carbonyl (C=O) groups excluding carboxylic acids is 3. The zero-order chi connectivity index (χ0) is 39.2. The summed E-state index contributed by atoms with van der Waals surface area (Å²) in [5, 5.41) is 2.75. The molecule has 54 heavy (non-hydrogen) atoms. The molecule has 0 aromatic carbocycles. The van der Waals surface area contributed by atoms with Crippen LogP contribution in [-0.4, -0.2) is 74.6 Å². The third-order valence-corrected chi connectivity index (χ3v) is 9.78. The molecule has 1 rings (SSSR count). The second-order valence-corrected chi connectivity index (χ2v) is 15.0. The van der Waals surface area contributed by atoms with Crippen molar-refractivity contribution in [3.63, 3.8) is 0 Å². The van der Waals surface area contributed by atoms with Crippen LogP contribution >= 0.6 is 0 Å². The molecule has 1 saturated heterocycles. The minimum atomic E-state index is -0.871. The number of rotatable bonds is 37. The fraction of sp³-hybridized carbons (Fsp3) is 0.800. The number of esters is 2. The van der Waals surface area contributed by atoms with Gasteiger partial charge in [0.25, 0.3) is 0 Å². The van der Waals surface area contributed by atoms with Gasteiger partial charge in [-0.15, -0.1) is 0 Å². The van der Waals surface area contributed by atoms with Crippen molar-refractivity contribution in [3.05, 3.63) is 36.5 Å². The predicted octanol–water partition coefficient (Wildman–Crippen LogP) is 11.7. The third-order valence-electron chi connectivity index (χ3n) is 9.78. The average molecular weight is 763 g/mol. The first-order chi connectivity index (χ1) is 26.5. The van der Waals surface area contributed by atoms with E-state index < -0.39 is 18.9 Å². The lowest BCUT2D eigenvalue weighted by atomic mass is 10.1. The monoisotopic (exact) mass is 763 g/mol. The smallest absolute Gasteiger partial charge is 0.407 e. The van der Waals surface area contributed by atoms with E-state index in [1.54, 1.807) is 0 Å². The number of ether oxygens (including phenoxy) is 3. The van der Waals surface area contributed by atoms with Crippen LogP contribution in [-0.2, 0) is 23.8 Å². The van der Waals surface area contributed by atoms with Crippen molar-refractivity contribution >= 4 is 18.0 Å². The summed E-state index contributed by atoms with van der Waals surface area (Å²) in [6, 6.07) is -0.104. The quantitative estimate of drug-likeness (QED) is 0.0291. The number of alkyl carbamates (subject to hydrolysis) is 1. The van der Waals surface area contributed by atoms with Crippen molar-refractivity contribution in [3.8, 4) is 0 Å². The Morgan fingerprint density at radius 3 is 1.61 bits per heavy atom. The second kappa shape index (κ2) is 37.3. The highest BCUT2D eigenvalue weighted by atomic mass is 19.1. The van der Waals surface area contributed by atoms with E-state index in [-0.39, 0.29) is 37.6 Å². The van der Waals surface area contributed by atoms with Crippen molar-refractivity contribution in [2.45, 2.75) is 193 Å². The fourth-order valence-electron chi connectivity index (χ4n) is 6.38. The number of alkyl halides is 1. The molecule has 1 N–H and O–H groups in total. The number of nitrogens with zero attached hydrogens (tertiary/aromatic N) is 1. The van der Waals surface area contributed by atoms with E-state index in [0.29, 0.717) is 26.1 Å². The molecule has 1 fully saturated rings. The lowest BCUT2D eigenvalue weighted by Gasteiger charge is -2.38. The summed E-state index contributed by atoms with van der Waals surface area (Å²) in [6.07, 6.45) is 40.3. The summed E-state index contributed by atoms with van der Waals surface area (Å²) in [6.45, 7) is 5.18. The van der Waals surface area contributed by atoms with Gasteiger partial charge in [0.05, 0.1) is 6.04 Å². The van der Waals surface area contributed by atoms with Crippen molar-refractivity contribution in [1.82, 2.24) is 10.2 Å². The van der Waals surface area contributed by atoms with E-state index in [0.717, 1.165) is 83.5 Å². The number of amides is 1. The Morgan fingerprint density at radius 2 is 1.06 bits per heavy atom. The number of carbonyl (C=O) groups is 3. The number of halogens is 1. The first kappa shape index (κ1) is 49.3. The van der Waals surface area contributed by atoms with Gasteiger partial charge in [0.1, 0.15) is 19.9 Å². The first-order valence-corrected chi connectivity index (χ1v) is 22.0. The Hall–Kier alpha value is -2.68. The van der Waals surface area contributed by atoms with Gasteiger partial charge in [0.15, 0.2) is 6.10 Å². The van der Waals surface area contributed by atoms with E-state index in [1.807, 2.05) is 4.90 Å². The molecule has 0 aromatic rings. The highest BCUT2D eigenvalue weighted by Gasteiger charge is 2.28. The zero-order valence-corrected chi connectivity index (χ0v) is 34.5. The van der Waals surface area contributed by atoms with Crippen molar-refractivity contribution in [2.24, 2.45) is 0 Å². The number of nitrogens with one attached hydrogen (secondary N) is 1. The number of hydrogen-bond donors (Lipinski definition) is 1. The van der Waals surface area contributed by atoms with Gasteiger partial charge in [0, 0.05) is 32.5 Å². The maximum Gasteiger partial charge on any atom is 0.407 e. The highest BCUT2D eigenvalue weighted by Crippen LogP contribution is 2.13. The molecule has 1 heterocycles. The summed E-state index contributed by atoms with van der Waals surface area (Å²) < 4.78 is 28.9. The van der Waals surface area contributed by atoms with Gasteiger partial charge in [-0.2, -0.15) is 0 Å². The molecule has 0 aromatic heterocycles. The molecule has 312 valence electrons. The van der Waals surface area contributed by atoms with Crippen LogP contribution in [0.2, 0.25) is 0 Å². The number of hydrogen-bond acceptors (Lipinski definition) is 7. The standard InChI is InChI=1S/C45H79FN2O6/c1-3-5-7-9-11-13-15-17-19-21-23-25-27-29-31-33-43(49)52-39-42(40-53-45(51)47-41-37-48(38-41)36-35-46)54-44(50)34-32-30-28-26-24-22-20-18-16-14-12-10-8-6-4-2/h11,13,17-20,41-42H,3-10,12,14-16,21-40H2,1-2H3,(H,47,51)/b13-11-,19-17-,20-18-. The van der Waals surface area contributed by atoms with Crippen LogP contribution in [0, 0.1) is 0 Å². The van der Waals surface area contributed by atoms with Gasteiger partial charge in [-0.05, 0) is 70.6 Å². The molecule has 9 heteroatoms. The van der Waals surface area contributed by atoms with Gasteiger partial charge >= 0.3 is 18.0 Å². The van der Waals surface area contributed by atoms with Crippen LogP contribution in [0.4, 0.5) is 9.18 Å². The Labute approximate surface area is 329 Å². The van der Waals surface area contributed by atoms with Crippen LogP contribution in [0.1, 0.15) is 181 Å². The van der Waals surface area contributed by atoms with E-state index in [9.17, 15) is 18.8 Å². The number of allylic oxidation sites excluding steroid dienone is 6. The van der Waals surface area contributed by atoms with Crippen LogP contribution in [0.15, 0.2) is 36.5 Å². The predicted molar refractivity (Wildman–Crippen MR) is 220 cm³/mol. The lowest BCUT2D eigenvalue weighted by molar-refractivity contribution is -0.161. The van der Waals surface area contributed by atoms with E-state index in [4.69, 9.17) is 14.2 Å².